The van der Waals surface area contributed by atoms with Gasteiger partial charge < -0.3 is 5.32 Å². The van der Waals surface area contributed by atoms with Crippen molar-refractivity contribution < 1.29 is 4.39 Å². The van der Waals surface area contributed by atoms with Gasteiger partial charge in [0.05, 0.1) is 15.9 Å². The maximum atomic E-state index is 13.6. The fourth-order valence-electron chi connectivity index (χ4n) is 1.84. The Morgan fingerprint density at radius 3 is 2.89 bits per heavy atom. The lowest BCUT2D eigenvalue weighted by Gasteiger charge is -2.09. The van der Waals surface area contributed by atoms with E-state index >= 15 is 0 Å². The first kappa shape index (κ1) is 11.7. The molecule has 0 radical (unpaired) electrons. The van der Waals surface area contributed by atoms with Gasteiger partial charge in [-0.15, -0.1) is 0 Å². The highest BCUT2D eigenvalue weighted by Gasteiger charge is 2.23. The Hall–Kier alpha value is -1.36. The molecule has 1 aromatic carbocycles. The average molecular weight is 310 g/mol. The monoisotopic (exact) mass is 309 g/mol. The molecule has 18 heavy (non-hydrogen) atoms. The number of hydrogen-bond donors (Lipinski definition) is 1. The minimum absolute atomic E-state index is 0.267. The van der Waals surface area contributed by atoms with Crippen LogP contribution in [0.5, 0.6) is 0 Å². The van der Waals surface area contributed by atoms with Crippen LogP contribution in [0, 0.1) is 12.7 Å². The molecule has 0 saturated heterocycles. The number of hydrogen-bond acceptors (Lipinski definition) is 2. The summed E-state index contributed by atoms with van der Waals surface area (Å²) >= 11 is 3.16. The molecule has 1 aliphatic carbocycles. The molecule has 1 N–H and O–H groups in total. The van der Waals surface area contributed by atoms with Crippen molar-refractivity contribution in [3.63, 3.8) is 0 Å². The van der Waals surface area contributed by atoms with Crippen LogP contribution in [0.15, 0.2) is 28.9 Å². The van der Waals surface area contributed by atoms with Crippen LogP contribution in [0.3, 0.4) is 0 Å². The maximum absolute atomic E-state index is 13.6. The molecule has 1 fully saturated rings. The zero-order chi connectivity index (χ0) is 12.7. The Bertz CT molecular complexity index is 590. The van der Waals surface area contributed by atoms with Gasteiger partial charge in [0.15, 0.2) is 0 Å². The van der Waals surface area contributed by atoms with Crippen molar-refractivity contribution in [1.82, 2.24) is 9.55 Å². The molecule has 0 unspecified atom stereocenters. The van der Waals surface area contributed by atoms with Gasteiger partial charge in [0.1, 0.15) is 5.82 Å². The van der Waals surface area contributed by atoms with Crippen LogP contribution in [-0.2, 0) is 0 Å². The van der Waals surface area contributed by atoms with Crippen LogP contribution in [-0.4, -0.2) is 15.6 Å². The summed E-state index contributed by atoms with van der Waals surface area (Å²) in [5, 5.41) is 3.36. The second-order valence-electron chi connectivity index (χ2n) is 4.59. The molecule has 1 aliphatic rings. The smallest absolute Gasteiger partial charge is 0.207 e. The molecule has 0 aliphatic heterocycles. The Labute approximate surface area is 113 Å². The SMILES string of the molecule is Cc1cn(-c2ccc(Br)c(F)c2)c(NC2CC2)n1. The van der Waals surface area contributed by atoms with Crippen molar-refractivity contribution in [3.8, 4) is 5.69 Å². The normalized spacial score (nSPS) is 14.8. The molecular weight excluding hydrogens is 297 g/mol. The van der Waals surface area contributed by atoms with Gasteiger partial charge in [0.2, 0.25) is 5.95 Å². The molecule has 5 heteroatoms. The molecule has 94 valence electrons. The number of imidazole rings is 1. The van der Waals surface area contributed by atoms with E-state index in [0.717, 1.165) is 17.3 Å². The number of aromatic nitrogens is 2. The maximum Gasteiger partial charge on any atom is 0.207 e. The van der Waals surface area contributed by atoms with Crippen LogP contribution in [0.2, 0.25) is 0 Å². The zero-order valence-corrected chi connectivity index (χ0v) is 11.5. The third kappa shape index (κ3) is 2.27. The molecule has 0 atom stereocenters. The molecule has 1 saturated carbocycles. The number of nitrogens with one attached hydrogen (secondary N) is 1. The van der Waals surface area contributed by atoms with Gasteiger partial charge in [-0.2, -0.15) is 0 Å². The van der Waals surface area contributed by atoms with Gasteiger partial charge >= 0.3 is 0 Å². The van der Waals surface area contributed by atoms with Crippen molar-refractivity contribution in [2.24, 2.45) is 0 Å². The number of halogens is 2. The summed E-state index contributed by atoms with van der Waals surface area (Å²) < 4.78 is 15.9. The summed E-state index contributed by atoms with van der Waals surface area (Å²) in [5.41, 5.74) is 1.70. The van der Waals surface area contributed by atoms with Crippen LogP contribution in [0.4, 0.5) is 10.3 Å². The Kier molecular flexibility index (Phi) is 2.86. The van der Waals surface area contributed by atoms with Crippen LogP contribution >= 0.6 is 15.9 Å². The second kappa shape index (κ2) is 4.39. The summed E-state index contributed by atoms with van der Waals surface area (Å²) in [5.74, 6) is 0.521. The first-order chi connectivity index (χ1) is 8.63. The molecule has 0 spiro atoms. The zero-order valence-electron chi connectivity index (χ0n) is 9.95. The van der Waals surface area contributed by atoms with E-state index in [9.17, 15) is 4.39 Å². The molecule has 0 amide bonds. The number of benzene rings is 1. The topological polar surface area (TPSA) is 29.9 Å². The third-order valence-corrected chi connectivity index (χ3v) is 3.56. The lowest BCUT2D eigenvalue weighted by molar-refractivity contribution is 0.620. The van der Waals surface area contributed by atoms with E-state index in [4.69, 9.17) is 0 Å². The van der Waals surface area contributed by atoms with E-state index in [1.54, 1.807) is 6.07 Å². The molecule has 2 aromatic rings. The lowest BCUT2D eigenvalue weighted by Crippen LogP contribution is -2.07. The van der Waals surface area contributed by atoms with E-state index in [0.29, 0.717) is 10.5 Å². The van der Waals surface area contributed by atoms with Crippen molar-refractivity contribution in [2.45, 2.75) is 25.8 Å². The van der Waals surface area contributed by atoms with Gasteiger partial charge in [-0.3, -0.25) is 4.57 Å². The predicted octanol–water partition coefficient (Wildman–Crippen LogP) is 3.66. The summed E-state index contributed by atoms with van der Waals surface area (Å²) in [6.45, 7) is 1.93. The molecule has 1 heterocycles. The van der Waals surface area contributed by atoms with E-state index in [1.165, 1.54) is 18.9 Å². The first-order valence-corrected chi connectivity index (χ1v) is 6.71. The highest BCUT2D eigenvalue weighted by molar-refractivity contribution is 9.10. The average Bonchev–Trinajstić information content (AvgIpc) is 3.06. The largest absolute Gasteiger partial charge is 0.353 e. The van der Waals surface area contributed by atoms with E-state index < -0.39 is 0 Å². The quantitative estimate of drug-likeness (QED) is 0.937. The van der Waals surface area contributed by atoms with Crippen LogP contribution in [0.25, 0.3) is 5.69 Å². The number of rotatable bonds is 3. The summed E-state index contributed by atoms with van der Waals surface area (Å²) in [6, 6.07) is 5.60. The minimum atomic E-state index is -0.267. The highest BCUT2D eigenvalue weighted by atomic mass is 79.9. The van der Waals surface area contributed by atoms with E-state index in [2.05, 4.69) is 26.2 Å². The molecule has 3 nitrogen and oxygen atoms in total. The van der Waals surface area contributed by atoms with Crippen molar-refractivity contribution in [2.75, 3.05) is 5.32 Å². The Balaban J connectivity index is 2.00. The minimum Gasteiger partial charge on any atom is -0.353 e. The lowest BCUT2D eigenvalue weighted by atomic mass is 10.3. The molecule has 3 rings (SSSR count). The third-order valence-electron chi connectivity index (χ3n) is 2.92. The van der Waals surface area contributed by atoms with E-state index in [-0.39, 0.29) is 5.82 Å². The second-order valence-corrected chi connectivity index (χ2v) is 5.45. The van der Waals surface area contributed by atoms with Gasteiger partial charge in [0, 0.05) is 12.2 Å². The molecule has 0 bridgehead atoms. The first-order valence-electron chi connectivity index (χ1n) is 5.91. The van der Waals surface area contributed by atoms with Gasteiger partial charge in [0.25, 0.3) is 0 Å². The summed E-state index contributed by atoms with van der Waals surface area (Å²) in [6.07, 6.45) is 4.27. The number of aryl methyl sites for hydroxylation is 1. The van der Waals surface area contributed by atoms with E-state index in [1.807, 2.05) is 23.8 Å². The molecular formula is C13H13BrFN3. The van der Waals surface area contributed by atoms with Gasteiger partial charge in [-0.25, -0.2) is 9.37 Å². The Morgan fingerprint density at radius 2 is 2.22 bits per heavy atom. The predicted molar refractivity (Wildman–Crippen MR) is 72.6 cm³/mol. The number of nitrogens with zero attached hydrogens (tertiary/aromatic N) is 2. The molecule has 1 aromatic heterocycles. The summed E-state index contributed by atoms with van der Waals surface area (Å²) in [7, 11) is 0. The van der Waals surface area contributed by atoms with Crippen molar-refractivity contribution in [3.05, 3.63) is 40.4 Å². The fraction of sp³-hybridized carbons (Fsp3) is 0.308. The highest BCUT2D eigenvalue weighted by Crippen LogP contribution is 2.27. The van der Waals surface area contributed by atoms with Crippen molar-refractivity contribution >= 4 is 21.9 Å². The Morgan fingerprint density at radius 1 is 1.44 bits per heavy atom. The van der Waals surface area contributed by atoms with Crippen molar-refractivity contribution in [1.29, 1.82) is 0 Å². The van der Waals surface area contributed by atoms with Crippen LogP contribution < -0.4 is 5.32 Å². The van der Waals surface area contributed by atoms with Gasteiger partial charge in [-0.1, -0.05) is 0 Å². The fourth-order valence-corrected chi connectivity index (χ4v) is 2.09. The number of anilines is 1. The standard InChI is InChI=1S/C13H13BrFN3/c1-8-7-18(13(16-8)17-9-2-3-9)10-4-5-11(14)12(15)6-10/h4-7,9H,2-3H2,1H3,(H,16,17). The van der Waals surface area contributed by atoms with Gasteiger partial charge in [-0.05, 0) is 53.9 Å². The summed E-state index contributed by atoms with van der Waals surface area (Å²) in [4.78, 5) is 4.44. The van der Waals surface area contributed by atoms with Crippen LogP contribution in [0.1, 0.15) is 18.5 Å².